The van der Waals surface area contributed by atoms with Crippen LogP contribution in [0.5, 0.6) is 5.75 Å². The van der Waals surface area contributed by atoms with E-state index in [1.54, 1.807) is 12.1 Å². The van der Waals surface area contributed by atoms with Gasteiger partial charge < -0.3 is 15.2 Å². The normalized spacial score (nSPS) is 20.4. The first-order chi connectivity index (χ1) is 12.2. The minimum Gasteiger partial charge on any atom is -0.494 e. The molecule has 0 saturated heterocycles. The maximum atomic E-state index is 12.7. The Morgan fingerprint density at radius 1 is 1.20 bits per heavy atom. The highest BCUT2D eigenvalue weighted by atomic mass is 16.5. The first-order valence-corrected chi connectivity index (χ1v) is 8.91. The van der Waals surface area contributed by atoms with Crippen LogP contribution in [0.3, 0.4) is 0 Å². The molecule has 0 aliphatic heterocycles. The van der Waals surface area contributed by atoms with Gasteiger partial charge >= 0.3 is 0 Å². The van der Waals surface area contributed by atoms with Crippen molar-refractivity contribution in [2.45, 2.75) is 38.3 Å². The van der Waals surface area contributed by atoms with Gasteiger partial charge in [-0.3, -0.25) is 4.79 Å². The standard InChI is InChI=1S/C21H25NO3/c1-2-25-19-10-6-9-16(14-19)21(24)22-20(17-12-18(23)13-17)11-15-7-4-3-5-8-15/h3-10,14,17-18,20,23H,2,11-13H2,1H3,(H,22,24). The van der Waals surface area contributed by atoms with Crippen LogP contribution in [0.2, 0.25) is 0 Å². The van der Waals surface area contributed by atoms with E-state index in [0.29, 0.717) is 23.8 Å². The van der Waals surface area contributed by atoms with Gasteiger partial charge in [0.15, 0.2) is 0 Å². The van der Waals surface area contributed by atoms with Crippen molar-refractivity contribution in [1.29, 1.82) is 0 Å². The van der Waals surface area contributed by atoms with E-state index in [0.717, 1.165) is 19.3 Å². The number of hydrogen-bond acceptors (Lipinski definition) is 3. The van der Waals surface area contributed by atoms with E-state index >= 15 is 0 Å². The Hall–Kier alpha value is -2.33. The molecule has 0 radical (unpaired) electrons. The molecule has 4 nitrogen and oxygen atoms in total. The van der Waals surface area contributed by atoms with Crippen molar-refractivity contribution in [2.75, 3.05) is 6.61 Å². The lowest BCUT2D eigenvalue weighted by molar-refractivity contribution is 0.0239. The number of carbonyl (C=O) groups excluding carboxylic acids is 1. The Bertz CT molecular complexity index is 695. The monoisotopic (exact) mass is 339 g/mol. The molecule has 0 aromatic heterocycles. The van der Waals surface area contributed by atoms with Crippen LogP contribution in [-0.4, -0.2) is 29.8 Å². The van der Waals surface area contributed by atoms with Gasteiger partial charge in [0.2, 0.25) is 0 Å². The van der Waals surface area contributed by atoms with E-state index in [1.807, 2.05) is 37.3 Å². The molecule has 4 heteroatoms. The Kier molecular flexibility index (Phi) is 5.71. The van der Waals surface area contributed by atoms with Gasteiger partial charge in [-0.25, -0.2) is 0 Å². The molecule has 0 spiro atoms. The maximum Gasteiger partial charge on any atom is 0.251 e. The van der Waals surface area contributed by atoms with Crippen LogP contribution in [0.4, 0.5) is 0 Å². The summed E-state index contributed by atoms with van der Waals surface area (Å²) >= 11 is 0. The molecular weight excluding hydrogens is 314 g/mol. The Morgan fingerprint density at radius 3 is 2.64 bits per heavy atom. The van der Waals surface area contributed by atoms with Crippen LogP contribution in [-0.2, 0) is 6.42 Å². The molecule has 1 fully saturated rings. The Labute approximate surface area is 148 Å². The van der Waals surface area contributed by atoms with Crippen LogP contribution in [0, 0.1) is 5.92 Å². The van der Waals surface area contributed by atoms with E-state index in [9.17, 15) is 9.90 Å². The number of amides is 1. The smallest absolute Gasteiger partial charge is 0.251 e. The number of hydrogen-bond donors (Lipinski definition) is 2. The third-order valence-electron chi connectivity index (χ3n) is 4.74. The minimum absolute atomic E-state index is 0.0223. The largest absolute Gasteiger partial charge is 0.494 e. The molecule has 2 N–H and O–H groups in total. The topological polar surface area (TPSA) is 58.6 Å². The van der Waals surface area contributed by atoms with Crippen molar-refractivity contribution < 1.29 is 14.6 Å². The molecule has 2 aromatic rings. The Morgan fingerprint density at radius 2 is 1.96 bits per heavy atom. The lowest BCUT2D eigenvalue weighted by Crippen LogP contribution is -2.48. The molecule has 0 heterocycles. The van der Waals surface area contributed by atoms with Crippen LogP contribution in [0.1, 0.15) is 35.7 Å². The molecule has 1 aliphatic carbocycles. The maximum absolute atomic E-state index is 12.7. The average molecular weight is 339 g/mol. The van der Waals surface area contributed by atoms with E-state index in [-0.39, 0.29) is 18.1 Å². The summed E-state index contributed by atoms with van der Waals surface area (Å²) in [6, 6.07) is 17.4. The van der Waals surface area contributed by atoms with E-state index in [4.69, 9.17) is 4.74 Å². The van der Waals surface area contributed by atoms with Crippen LogP contribution >= 0.6 is 0 Å². The highest BCUT2D eigenvalue weighted by Crippen LogP contribution is 2.32. The van der Waals surface area contributed by atoms with Gasteiger partial charge in [-0.05, 0) is 55.9 Å². The van der Waals surface area contributed by atoms with Crippen LogP contribution < -0.4 is 10.1 Å². The molecule has 1 unspecified atom stereocenters. The number of nitrogens with one attached hydrogen (secondary N) is 1. The fourth-order valence-electron chi connectivity index (χ4n) is 3.31. The van der Waals surface area contributed by atoms with Crippen molar-refractivity contribution in [3.63, 3.8) is 0 Å². The molecule has 25 heavy (non-hydrogen) atoms. The number of ether oxygens (including phenoxy) is 1. The van der Waals surface area contributed by atoms with Gasteiger partial charge in [0, 0.05) is 11.6 Å². The first kappa shape index (κ1) is 17.5. The van der Waals surface area contributed by atoms with Gasteiger partial charge in [-0.2, -0.15) is 0 Å². The van der Waals surface area contributed by atoms with Gasteiger partial charge in [-0.15, -0.1) is 0 Å². The second kappa shape index (κ2) is 8.17. The summed E-state index contributed by atoms with van der Waals surface area (Å²) in [4.78, 5) is 12.7. The summed E-state index contributed by atoms with van der Waals surface area (Å²) in [5.41, 5.74) is 1.79. The van der Waals surface area contributed by atoms with Crippen molar-refractivity contribution in [2.24, 2.45) is 5.92 Å². The lowest BCUT2D eigenvalue weighted by Gasteiger charge is -2.38. The molecule has 1 saturated carbocycles. The number of carbonyl (C=O) groups is 1. The van der Waals surface area contributed by atoms with Gasteiger partial charge in [0.25, 0.3) is 5.91 Å². The molecular formula is C21H25NO3. The highest BCUT2D eigenvalue weighted by molar-refractivity contribution is 5.94. The number of aliphatic hydroxyl groups excluding tert-OH is 1. The summed E-state index contributed by atoms with van der Waals surface area (Å²) in [6.45, 7) is 2.49. The number of rotatable bonds is 7. The third kappa shape index (κ3) is 4.60. The van der Waals surface area contributed by atoms with Crippen LogP contribution in [0.15, 0.2) is 54.6 Å². The summed E-state index contributed by atoms with van der Waals surface area (Å²) < 4.78 is 5.48. The zero-order chi connectivity index (χ0) is 17.6. The molecule has 2 aromatic carbocycles. The average Bonchev–Trinajstić information content (AvgIpc) is 2.60. The summed E-state index contributed by atoms with van der Waals surface area (Å²) in [7, 11) is 0. The van der Waals surface area contributed by atoms with Crippen molar-refractivity contribution >= 4 is 5.91 Å². The molecule has 1 atom stereocenters. The van der Waals surface area contributed by atoms with Crippen molar-refractivity contribution in [3.05, 3.63) is 65.7 Å². The van der Waals surface area contributed by atoms with Gasteiger partial charge in [0.1, 0.15) is 5.75 Å². The second-order valence-electron chi connectivity index (χ2n) is 6.62. The van der Waals surface area contributed by atoms with Crippen LogP contribution in [0.25, 0.3) is 0 Å². The predicted octanol–water partition coefficient (Wildman–Crippen LogP) is 3.20. The fraction of sp³-hybridized carbons (Fsp3) is 0.381. The second-order valence-corrected chi connectivity index (χ2v) is 6.62. The summed E-state index contributed by atoms with van der Waals surface area (Å²) in [6.07, 6.45) is 2.03. The van der Waals surface area contributed by atoms with Crippen molar-refractivity contribution in [1.82, 2.24) is 5.32 Å². The predicted molar refractivity (Wildman–Crippen MR) is 97.7 cm³/mol. The van der Waals surface area contributed by atoms with Crippen molar-refractivity contribution in [3.8, 4) is 5.75 Å². The van der Waals surface area contributed by atoms with Gasteiger partial charge in [-0.1, -0.05) is 36.4 Å². The van der Waals surface area contributed by atoms with E-state index in [1.165, 1.54) is 5.56 Å². The van der Waals surface area contributed by atoms with Gasteiger partial charge in [0.05, 0.1) is 12.7 Å². The number of benzene rings is 2. The first-order valence-electron chi connectivity index (χ1n) is 8.91. The third-order valence-corrected chi connectivity index (χ3v) is 4.74. The number of aliphatic hydroxyl groups is 1. The molecule has 3 rings (SSSR count). The SMILES string of the molecule is CCOc1cccc(C(=O)NC(Cc2ccccc2)C2CC(O)C2)c1. The molecule has 1 aliphatic rings. The quantitative estimate of drug-likeness (QED) is 0.814. The molecule has 132 valence electrons. The minimum atomic E-state index is -0.235. The summed E-state index contributed by atoms with van der Waals surface area (Å²) in [5, 5.41) is 12.8. The highest BCUT2D eigenvalue weighted by Gasteiger charge is 2.34. The lowest BCUT2D eigenvalue weighted by atomic mass is 9.75. The zero-order valence-electron chi connectivity index (χ0n) is 14.5. The summed E-state index contributed by atoms with van der Waals surface area (Å²) in [5.74, 6) is 0.923. The van der Waals surface area contributed by atoms with E-state index in [2.05, 4.69) is 17.4 Å². The Balaban J connectivity index is 1.70. The molecule has 0 bridgehead atoms. The molecule has 1 amide bonds. The van der Waals surface area contributed by atoms with E-state index < -0.39 is 0 Å². The zero-order valence-corrected chi connectivity index (χ0v) is 14.5. The fourth-order valence-corrected chi connectivity index (χ4v) is 3.31.